The van der Waals surface area contributed by atoms with Gasteiger partial charge in [0.25, 0.3) is 0 Å². The first-order chi connectivity index (χ1) is 8.31. The van der Waals surface area contributed by atoms with Gasteiger partial charge in [0.05, 0.1) is 6.61 Å². The highest BCUT2D eigenvalue weighted by Gasteiger charge is 2.63. The first-order valence-corrected chi connectivity index (χ1v) is 6.23. The quantitative estimate of drug-likeness (QED) is 0.724. The molecule has 1 amide bonds. The second-order valence-corrected chi connectivity index (χ2v) is 5.86. The molecule has 102 valence electrons. The lowest BCUT2D eigenvalue weighted by Gasteiger charge is -2.40. The summed E-state index contributed by atoms with van der Waals surface area (Å²) in [5.41, 5.74) is -0.502. The molecule has 0 aromatic heterocycles. The van der Waals surface area contributed by atoms with Crippen LogP contribution in [0.1, 0.15) is 27.7 Å². The molecule has 0 unspecified atom stereocenters. The van der Waals surface area contributed by atoms with E-state index in [4.69, 9.17) is 18.9 Å². The molecule has 0 saturated carbocycles. The molecule has 0 aliphatic carbocycles. The minimum absolute atomic E-state index is 0.130. The molecule has 3 heterocycles. The molecule has 0 aromatic carbocycles. The first kappa shape index (κ1) is 12.3. The molecular weight excluding hydrogens is 238 g/mol. The van der Waals surface area contributed by atoms with Gasteiger partial charge in [-0.25, -0.2) is 0 Å². The number of carbonyl (C=O) groups excluding carboxylic acids is 1. The van der Waals surface area contributed by atoms with Crippen molar-refractivity contribution < 1.29 is 23.7 Å². The fraction of sp³-hybridized carbons (Fsp3) is 0.917. The summed E-state index contributed by atoms with van der Waals surface area (Å²) >= 11 is 0. The lowest BCUT2D eigenvalue weighted by Crippen LogP contribution is -2.63. The number of hydrogen-bond donors (Lipinski definition) is 1. The van der Waals surface area contributed by atoms with Crippen molar-refractivity contribution in [2.75, 3.05) is 6.61 Å². The van der Waals surface area contributed by atoms with Crippen LogP contribution in [0.5, 0.6) is 0 Å². The molecule has 1 N–H and O–H groups in total. The maximum absolute atomic E-state index is 11.3. The molecule has 3 fully saturated rings. The van der Waals surface area contributed by atoms with Gasteiger partial charge in [0.15, 0.2) is 12.1 Å². The van der Waals surface area contributed by atoms with Gasteiger partial charge in [-0.2, -0.15) is 0 Å². The molecule has 5 atom stereocenters. The molecular formula is C12H19NO5. The minimum Gasteiger partial charge on any atom is -0.347 e. The van der Waals surface area contributed by atoms with Crippen LogP contribution >= 0.6 is 0 Å². The van der Waals surface area contributed by atoms with Gasteiger partial charge < -0.3 is 24.3 Å². The molecule has 3 aliphatic heterocycles. The molecule has 0 spiro atoms. The van der Waals surface area contributed by atoms with Crippen LogP contribution in [0.3, 0.4) is 0 Å². The van der Waals surface area contributed by atoms with E-state index in [0.717, 1.165) is 0 Å². The molecule has 6 heteroatoms. The summed E-state index contributed by atoms with van der Waals surface area (Å²) in [6.07, 6.45) is -0.934. The van der Waals surface area contributed by atoms with Crippen LogP contribution in [0, 0.1) is 0 Å². The highest BCUT2D eigenvalue weighted by Crippen LogP contribution is 2.45. The van der Waals surface area contributed by atoms with E-state index >= 15 is 0 Å². The number of amides is 1. The summed E-state index contributed by atoms with van der Waals surface area (Å²) in [6.45, 7) is 7.62. The summed E-state index contributed by atoms with van der Waals surface area (Å²) in [5.74, 6) is -0.794. The highest BCUT2D eigenvalue weighted by molar-refractivity contribution is 5.73. The van der Waals surface area contributed by atoms with Crippen LogP contribution in [0.4, 0.5) is 0 Å². The van der Waals surface area contributed by atoms with Gasteiger partial charge >= 0.3 is 0 Å². The van der Waals surface area contributed by atoms with Crippen LogP contribution in [0.25, 0.3) is 0 Å². The second kappa shape index (κ2) is 3.66. The largest absolute Gasteiger partial charge is 0.347 e. The molecule has 6 nitrogen and oxygen atoms in total. The normalized spacial score (nSPS) is 48.9. The Kier molecular flexibility index (Phi) is 2.51. The smallest absolute Gasteiger partial charge is 0.217 e. The average Bonchev–Trinajstić information content (AvgIpc) is 2.74. The van der Waals surface area contributed by atoms with E-state index in [1.165, 1.54) is 6.92 Å². The fourth-order valence-electron chi connectivity index (χ4n) is 2.97. The van der Waals surface area contributed by atoms with E-state index in [0.29, 0.717) is 6.61 Å². The summed E-state index contributed by atoms with van der Waals surface area (Å²) < 4.78 is 23.3. The van der Waals surface area contributed by atoms with Gasteiger partial charge in [0, 0.05) is 6.92 Å². The van der Waals surface area contributed by atoms with Crippen molar-refractivity contribution in [3.8, 4) is 0 Å². The predicted octanol–water partition coefficient (Wildman–Crippen LogP) is 0.156. The van der Waals surface area contributed by atoms with Crippen molar-refractivity contribution in [3.05, 3.63) is 0 Å². The second-order valence-electron chi connectivity index (χ2n) is 5.86. The van der Waals surface area contributed by atoms with Gasteiger partial charge in [-0.1, -0.05) is 0 Å². The molecule has 2 bridgehead atoms. The summed E-state index contributed by atoms with van der Waals surface area (Å²) in [7, 11) is 0. The van der Waals surface area contributed by atoms with Crippen molar-refractivity contribution >= 4 is 5.91 Å². The molecule has 3 aliphatic rings. The van der Waals surface area contributed by atoms with Crippen molar-refractivity contribution in [2.45, 2.75) is 63.6 Å². The Morgan fingerprint density at radius 2 is 1.94 bits per heavy atom. The van der Waals surface area contributed by atoms with Gasteiger partial charge in [0.2, 0.25) is 5.91 Å². The molecule has 3 rings (SSSR count). The van der Waals surface area contributed by atoms with Crippen molar-refractivity contribution in [3.63, 3.8) is 0 Å². The lowest BCUT2D eigenvalue weighted by molar-refractivity contribution is -0.190. The number of carbonyl (C=O) groups is 1. The third-order valence-corrected chi connectivity index (χ3v) is 3.67. The Hall–Kier alpha value is -0.690. The standard InChI is InChI=1S/C12H19NO5/c1-6(14)13-7-8-9(17-11(2,3)16-8)12(4)5-15-10(7)18-12/h7-10H,5H2,1-4H3,(H,13,14)/t7-,8-,9-,10-,12+/m1/s1. The third-order valence-electron chi connectivity index (χ3n) is 3.67. The van der Waals surface area contributed by atoms with Crippen molar-refractivity contribution in [2.24, 2.45) is 0 Å². The third kappa shape index (κ3) is 1.75. The van der Waals surface area contributed by atoms with Gasteiger partial charge in [-0.3, -0.25) is 4.79 Å². The Balaban J connectivity index is 1.91. The number of rotatable bonds is 1. The minimum atomic E-state index is -0.664. The average molecular weight is 257 g/mol. The molecule has 3 saturated heterocycles. The topological polar surface area (TPSA) is 66.0 Å². The van der Waals surface area contributed by atoms with E-state index in [1.54, 1.807) is 0 Å². The maximum atomic E-state index is 11.3. The van der Waals surface area contributed by atoms with E-state index < -0.39 is 17.7 Å². The summed E-state index contributed by atoms with van der Waals surface area (Å²) in [5, 5.41) is 2.84. The Bertz CT molecular complexity index is 385. The zero-order chi connectivity index (χ0) is 13.1. The van der Waals surface area contributed by atoms with E-state index in [2.05, 4.69) is 5.32 Å². The number of hydrogen-bond acceptors (Lipinski definition) is 5. The van der Waals surface area contributed by atoms with Gasteiger partial charge in [0.1, 0.15) is 23.9 Å². The van der Waals surface area contributed by atoms with Crippen molar-refractivity contribution in [1.29, 1.82) is 0 Å². The first-order valence-electron chi connectivity index (χ1n) is 6.23. The van der Waals surface area contributed by atoms with Crippen LogP contribution in [0.15, 0.2) is 0 Å². The van der Waals surface area contributed by atoms with Crippen LogP contribution in [-0.4, -0.2) is 48.4 Å². The number of ether oxygens (including phenoxy) is 4. The monoisotopic (exact) mass is 257 g/mol. The lowest BCUT2D eigenvalue weighted by atomic mass is 9.89. The van der Waals surface area contributed by atoms with Crippen LogP contribution < -0.4 is 5.32 Å². The summed E-state index contributed by atoms with van der Waals surface area (Å²) in [6, 6.07) is -0.329. The molecule has 0 aromatic rings. The Morgan fingerprint density at radius 3 is 2.61 bits per heavy atom. The van der Waals surface area contributed by atoms with Crippen LogP contribution in [0.2, 0.25) is 0 Å². The Morgan fingerprint density at radius 1 is 1.22 bits per heavy atom. The SMILES string of the molecule is CC(=O)N[C@H]1[C@@H]2OC[C@](C)(O2)[C@@H]2OC(C)(C)O[C@H]12. The zero-order valence-electron chi connectivity index (χ0n) is 11.1. The van der Waals surface area contributed by atoms with E-state index in [1.807, 2.05) is 20.8 Å². The zero-order valence-corrected chi connectivity index (χ0v) is 11.1. The Labute approximate surface area is 106 Å². The molecule has 18 heavy (non-hydrogen) atoms. The highest BCUT2D eigenvalue weighted by atomic mass is 16.8. The van der Waals surface area contributed by atoms with Crippen LogP contribution in [-0.2, 0) is 23.7 Å². The van der Waals surface area contributed by atoms with Gasteiger partial charge in [-0.05, 0) is 20.8 Å². The fourth-order valence-corrected chi connectivity index (χ4v) is 2.97. The summed E-state index contributed by atoms with van der Waals surface area (Å²) in [4.78, 5) is 11.3. The number of fused-ring (bicyclic) bond motifs is 4. The maximum Gasteiger partial charge on any atom is 0.217 e. The van der Waals surface area contributed by atoms with E-state index in [-0.39, 0.29) is 24.2 Å². The number of nitrogens with one attached hydrogen (secondary N) is 1. The van der Waals surface area contributed by atoms with Crippen molar-refractivity contribution in [1.82, 2.24) is 5.32 Å². The predicted molar refractivity (Wildman–Crippen MR) is 60.7 cm³/mol. The van der Waals surface area contributed by atoms with E-state index in [9.17, 15) is 4.79 Å². The molecule has 0 radical (unpaired) electrons. The van der Waals surface area contributed by atoms with Gasteiger partial charge in [-0.15, -0.1) is 0 Å².